The number of hydrogen-bond acceptors (Lipinski definition) is 8. The quantitative estimate of drug-likeness (QED) is 0.0985. The zero-order chi connectivity index (χ0) is 34.9. The molecular formula is C36H44N2O4S6. The molecule has 0 bridgehead atoms. The summed E-state index contributed by atoms with van der Waals surface area (Å²) in [5.74, 6) is 0.337. The Morgan fingerprint density at radius 2 is 0.771 bits per heavy atom. The maximum absolute atomic E-state index is 13.5. The summed E-state index contributed by atoms with van der Waals surface area (Å²) in [5.41, 5.74) is 3.68. The highest BCUT2D eigenvalue weighted by Crippen LogP contribution is 2.40. The fourth-order valence-corrected chi connectivity index (χ4v) is 13.0. The minimum Gasteiger partial charge on any atom is -0.261 e. The van der Waals surface area contributed by atoms with E-state index in [1.54, 1.807) is 21.6 Å². The van der Waals surface area contributed by atoms with E-state index in [1.165, 1.54) is 19.7 Å². The normalized spacial score (nSPS) is 12.1. The Hall–Kier alpha value is -2.22. The second-order valence-electron chi connectivity index (χ2n) is 12.1. The van der Waals surface area contributed by atoms with Gasteiger partial charge >= 0.3 is 0 Å². The van der Waals surface area contributed by atoms with Crippen molar-refractivity contribution in [3.63, 3.8) is 0 Å². The lowest BCUT2D eigenvalue weighted by atomic mass is 10.1. The summed E-state index contributed by atoms with van der Waals surface area (Å²) in [6, 6.07) is 30.5. The molecule has 4 rings (SSSR count). The van der Waals surface area contributed by atoms with Crippen LogP contribution in [-0.2, 0) is 31.0 Å². The van der Waals surface area contributed by atoms with Gasteiger partial charge in [-0.25, -0.2) is 0 Å². The largest absolute Gasteiger partial charge is 0.293 e. The molecule has 0 saturated heterocycles. The van der Waals surface area contributed by atoms with Gasteiger partial charge in [0, 0.05) is 54.3 Å². The first kappa shape index (κ1) is 38.6. The first-order valence-corrected chi connectivity index (χ1v) is 23.7. The van der Waals surface area contributed by atoms with E-state index >= 15 is 0 Å². The summed E-state index contributed by atoms with van der Waals surface area (Å²) in [5, 5.41) is 0. The lowest BCUT2D eigenvalue weighted by Crippen LogP contribution is -2.32. The fraction of sp³-hybridized carbons (Fsp3) is 0.333. The molecule has 0 heterocycles. The molecule has 0 aliphatic rings. The van der Waals surface area contributed by atoms with Crippen molar-refractivity contribution in [3.8, 4) is 0 Å². The summed E-state index contributed by atoms with van der Waals surface area (Å²) in [6.45, 7) is 13.0. The molecule has 0 aromatic heterocycles. The van der Waals surface area contributed by atoms with E-state index in [2.05, 4.69) is 13.8 Å². The van der Waals surface area contributed by atoms with Crippen molar-refractivity contribution in [1.82, 2.24) is 0 Å². The van der Waals surface area contributed by atoms with E-state index in [0.717, 1.165) is 44.2 Å². The highest BCUT2D eigenvalue weighted by atomic mass is 33.1. The van der Waals surface area contributed by atoms with Crippen LogP contribution >= 0.6 is 43.2 Å². The van der Waals surface area contributed by atoms with Crippen molar-refractivity contribution < 1.29 is 16.8 Å². The molecule has 4 aromatic rings. The van der Waals surface area contributed by atoms with Crippen LogP contribution in [0, 0.1) is 11.8 Å². The highest BCUT2D eigenvalue weighted by Gasteiger charge is 2.26. The Labute approximate surface area is 303 Å². The van der Waals surface area contributed by atoms with Gasteiger partial charge in [-0.2, -0.15) is 16.8 Å². The van der Waals surface area contributed by atoms with Crippen LogP contribution < -0.4 is 8.61 Å². The van der Waals surface area contributed by atoms with E-state index in [0.29, 0.717) is 34.3 Å². The fourth-order valence-electron chi connectivity index (χ4n) is 4.64. The SMILES string of the molecule is CCc1ccc(N(CC(C)C)S(=O)(=O)Sc2ccc(SSc3ccc(SS(=O)(=O)N(CC(C)C)c4ccc(CC)cc4)cc3)cc2)cc1. The van der Waals surface area contributed by atoms with Crippen molar-refractivity contribution in [2.24, 2.45) is 11.8 Å². The second kappa shape index (κ2) is 17.6. The van der Waals surface area contributed by atoms with E-state index < -0.39 is 18.1 Å². The van der Waals surface area contributed by atoms with Crippen LogP contribution in [-0.4, -0.2) is 29.9 Å². The lowest BCUT2D eigenvalue weighted by molar-refractivity contribution is 0.590. The topological polar surface area (TPSA) is 74.8 Å². The third-order valence-electron chi connectivity index (χ3n) is 7.15. The second-order valence-corrected chi connectivity index (χ2v) is 21.8. The molecule has 0 saturated carbocycles. The van der Waals surface area contributed by atoms with Crippen molar-refractivity contribution >= 4 is 72.7 Å². The molecule has 0 aliphatic carbocycles. The Balaban J connectivity index is 1.37. The first-order valence-electron chi connectivity index (χ1n) is 16.0. The van der Waals surface area contributed by atoms with Gasteiger partial charge in [0.25, 0.3) is 18.1 Å². The van der Waals surface area contributed by atoms with E-state index in [4.69, 9.17) is 0 Å². The minimum atomic E-state index is -3.67. The number of nitrogens with zero attached hydrogens (tertiary/aromatic N) is 2. The van der Waals surface area contributed by atoms with Gasteiger partial charge in [-0.05, 0) is 109 Å². The van der Waals surface area contributed by atoms with Gasteiger partial charge in [-0.1, -0.05) is 87.4 Å². The standard InChI is InChI=1S/C36H44N2O4S6/c1-7-29-9-13-31(14-10-29)37(25-27(3)4)47(39,40)45-35-21-17-33(18-22-35)43-44-34-19-23-36(24-20-34)46-48(41,42)38(26-28(5)6)32-15-11-30(8-2)12-16-32/h9-24,27-28H,7-8,25-26H2,1-6H3. The number of aryl methyl sites for hydroxylation is 2. The van der Waals surface area contributed by atoms with Gasteiger partial charge in [-0.15, -0.1) is 0 Å². The van der Waals surface area contributed by atoms with Gasteiger partial charge in [-0.3, -0.25) is 8.61 Å². The van der Waals surface area contributed by atoms with E-state index in [-0.39, 0.29) is 11.8 Å². The molecule has 0 aliphatic heterocycles. The molecular weight excluding hydrogens is 717 g/mol. The highest BCUT2D eigenvalue weighted by molar-refractivity contribution is 8.76. The summed E-state index contributed by atoms with van der Waals surface area (Å²) in [7, 11) is -2.49. The zero-order valence-corrected chi connectivity index (χ0v) is 33.1. The predicted molar refractivity (Wildman–Crippen MR) is 210 cm³/mol. The maximum atomic E-state index is 13.5. The van der Waals surface area contributed by atoms with Crippen molar-refractivity contribution in [1.29, 1.82) is 0 Å². The molecule has 4 aromatic carbocycles. The molecule has 0 radical (unpaired) electrons. The van der Waals surface area contributed by atoms with E-state index in [9.17, 15) is 16.8 Å². The monoisotopic (exact) mass is 760 g/mol. The average Bonchev–Trinajstić information content (AvgIpc) is 3.06. The summed E-state index contributed by atoms with van der Waals surface area (Å²) in [4.78, 5) is 3.27. The number of rotatable bonds is 17. The summed E-state index contributed by atoms with van der Waals surface area (Å²) in [6.07, 6.45) is 1.80. The van der Waals surface area contributed by atoms with Crippen LogP contribution in [0.1, 0.15) is 52.7 Å². The van der Waals surface area contributed by atoms with Crippen LogP contribution in [0.15, 0.2) is 117 Å². The van der Waals surface area contributed by atoms with Crippen LogP contribution in [0.2, 0.25) is 0 Å². The smallest absolute Gasteiger partial charge is 0.261 e. The third kappa shape index (κ3) is 11.1. The summed E-state index contributed by atoms with van der Waals surface area (Å²) >= 11 is 0. The molecule has 0 N–H and O–H groups in total. The lowest BCUT2D eigenvalue weighted by Gasteiger charge is -2.25. The first-order chi connectivity index (χ1) is 22.8. The average molecular weight is 761 g/mol. The number of benzene rings is 4. The maximum Gasteiger partial charge on any atom is 0.293 e. The molecule has 0 unspecified atom stereocenters. The van der Waals surface area contributed by atoms with Crippen LogP contribution in [0.4, 0.5) is 11.4 Å². The van der Waals surface area contributed by atoms with Crippen LogP contribution in [0.25, 0.3) is 0 Å². The minimum absolute atomic E-state index is 0.169. The molecule has 0 atom stereocenters. The summed E-state index contributed by atoms with van der Waals surface area (Å²) < 4.78 is 57.1. The Morgan fingerprint density at radius 3 is 1.04 bits per heavy atom. The zero-order valence-electron chi connectivity index (χ0n) is 28.2. The molecule has 0 amide bonds. The Kier molecular flexibility index (Phi) is 14.2. The molecule has 0 spiro atoms. The molecule has 258 valence electrons. The van der Waals surface area contributed by atoms with Crippen molar-refractivity contribution in [2.45, 2.75) is 74.0 Å². The van der Waals surface area contributed by atoms with Crippen LogP contribution in [0.3, 0.4) is 0 Å². The van der Waals surface area contributed by atoms with E-state index in [1.807, 2.05) is 125 Å². The predicted octanol–water partition coefficient (Wildman–Crippen LogP) is 10.6. The molecule has 48 heavy (non-hydrogen) atoms. The Morgan fingerprint density at radius 1 is 0.479 bits per heavy atom. The molecule has 6 nitrogen and oxygen atoms in total. The van der Waals surface area contributed by atoms with Gasteiger partial charge in [0.05, 0.1) is 11.4 Å². The van der Waals surface area contributed by atoms with Gasteiger partial charge in [0.15, 0.2) is 0 Å². The van der Waals surface area contributed by atoms with Crippen LogP contribution in [0.5, 0.6) is 0 Å². The van der Waals surface area contributed by atoms with Gasteiger partial charge < -0.3 is 0 Å². The number of anilines is 2. The Bertz CT molecular complexity index is 1670. The van der Waals surface area contributed by atoms with Gasteiger partial charge in [0.2, 0.25) is 0 Å². The van der Waals surface area contributed by atoms with Crippen molar-refractivity contribution in [2.75, 3.05) is 21.7 Å². The number of hydrogen-bond donors (Lipinski definition) is 0. The van der Waals surface area contributed by atoms with Crippen molar-refractivity contribution in [3.05, 3.63) is 108 Å². The molecule has 0 fully saturated rings. The third-order valence-corrected chi connectivity index (χ3v) is 16.2. The van der Waals surface area contributed by atoms with Gasteiger partial charge in [0.1, 0.15) is 0 Å². The molecule has 12 heteroatoms.